The number of piperidine rings is 1. The van der Waals surface area contributed by atoms with E-state index in [1.54, 1.807) is 29.4 Å². The zero-order valence-electron chi connectivity index (χ0n) is 29.4. The number of rotatable bonds is 12. The average molecular weight is 758 g/mol. The second kappa shape index (κ2) is 16.0. The van der Waals surface area contributed by atoms with Gasteiger partial charge in [0.15, 0.2) is 5.78 Å². The standard InChI is InChI=1S/C40H44ClN5O6S/c41-28-14-17-30-31(22-28)43-39(51)40(30)36(37(49)26-8-4-3-5-9-26)35(32-23-53-24-46(32)40)25-12-15-29(16-13-25)42-38(50)27-18-20-45(21-19-27)34(48)11-7-2-1-6-10-33(47)44-52/h3-5,8-9,12-17,22,27,32,35-36,52H,1-2,6-7,10-11,18-21,23-24H2,(H,42,50)(H,43,51)(H,44,47)/t32-,35-,36-,40+/m1/s1. The van der Waals surface area contributed by atoms with E-state index in [9.17, 15) is 24.0 Å². The molecule has 11 nitrogen and oxygen atoms in total. The van der Waals surface area contributed by atoms with E-state index in [1.165, 1.54) is 0 Å². The molecule has 4 aliphatic heterocycles. The quantitative estimate of drug-likeness (QED) is 0.0741. The first-order valence-corrected chi connectivity index (χ1v) is 19.9. The maximum Gasteiger partial charge on any atom is 0.250 e. The molecular weight excluding hydrogens is 714 g/mol. The topological polar surface area (TPSA) is 148 Å². The minimum atomic E-state index is -1.20. The number of carbonyl (C=O) groups excluding carboxylic acids is 5. The molecule has 3 fully saturated rings. The number of carbonyl (C=O) groups is 5. The van der Waals surface area contributed by atoms with Crippen LogP contribution in [0.4, 0.5) is 11.4 Å². The molecule has 4 aliphatic rings. The molecule has 7 rings (SSSR count). The number of likely N-dealkylation sites (tertiary alicyclic amines) is 1. The fraction of sp³-hybridized carbons (Fsp3) is 0.425. The second-order valence-electron chi connectivity index (χ2n) is 14.4. The Balaban J connectivity index is 1.03. The van der Waals surface area contributed by atoms with Gasteiger partial charge in [-0.3, -0.25) is 34.1 Å². The number of nitrogens with one attached hydrogen (secondary N) is 3. The number of hydrogen-bond acceptors (Lipinski definition) is 8. The minimum absolute atomic E-state index is 0.0709. The van der Waals surface area contributed by atoms with Crippen molar-refractivity contribution in [3.05, 3.63) is 94.5 Å². The number of amides is 4. The van der Waals surface area contributed by atoms with E-state index in [-0.39, 0.29) is 47.8 Å². The van der Waals surface area contributed by atoms with Gasteiger partial charge < -0.3 is 15.5 Å². The summed E-state index contributed by atoms with van der Waals surface area (Å²) in [6.45, 7) is 1.07. The number of anilines is 2. The van der Waals surface area contributed by atoms with Gasteiger partial charge in [-0.05, 0) is 55.5 Å². The van der Waals surface area contributed by atoms with Gasteiger partial charge in [-0.15, -0.1) is 11.8 Å². The van der Waals surface area contributed by atoms with Gasteiger partial charge in [0.25, 0.3) is 0 Å². The third-order valence-corrected chi connectivity index (χ3v) is 12.6. The van der Waals surface area contributed by atoms with Crippen molar-refractivity contribution in [3.8, 4) is 0 Å². The summed E-state index contributed by atoms with van der Waals surface area (Å²) in [4.78, 5) is 70.2. The molecular formula is C40H44ClN5O6S. The maximum atomic E-state index is 14.7. The predicted octanol–water partition coefficient (Wildman–Crippen LogP) is 6.18. The van der Waals surface area contributed by atoms with Crippen LogP contribution >= 0.6 is 23.4 Å². The fourth-order valence-corrected chi connectivity index (χ4v) is 10.3. The molecule has 1 spiro atoms. The van der Waals surface area contributed by atoms with E-state index in [4.69, 9.17) is 16.8 Å². The van der Waals surface area contributed by atoms with E-state index in [0.29, 0.717) is 66.6 Å². The van der Waals surface area contributed by atoms with Crippen molar-refractivity contribution in [1.82, 2.24) is 15.3 Å². The summed E-state index contributed by atoms with van der Waals surface area (Å²) in [5.41, 5.74) is 3.99. The van der Waals surface area contributed by atoms with Crippen LogP contribution in [0.3, 0.4) is 0 Å². The van der Waals surface area contributed by atoms with Crippen LogP contribution in [-0.2, 0) is 24.7 Å². The number of ketones is 1. The van der Waals surface area contributed by atoms with Gasteiger partial charge in [-0.25, -0.2) is 5.48 Å². The van der Waals surface area contributed by atoms with Crippen molar-refractivity contribution in [2.45, 2.75) is 68.9 Å². The molecule has 0 bridgehead atoms. The molecule has 3 saturated heterocycles. The minimum Gasteiger partial charge on any atom is -0.343 e. The molecule has 0 unspecified atom stereocenters. The summed E-state index contributed by atoms with van der Waals surface area (Å²) in [5, 5.41) is 15.2. The Kier molecular flexibility index (Phi) is 11.2. The molecule has 0 saturated carbocycles. The number of benzene rings is 3. The number of hydrogen-bond donors (Lipinski definition) is 4. The van der Waals surface area contributed by atoms with Crippen LogP contribution in [0.5, 0.6) is 0 Å². The zero-order chi connectivity index (χ0) is 37.1. The van der Waals surface area contributed by atoms with Crippen molar-refractivity contribution in [2.24, 2.45) is 11.8 Å². The first-order chi connectivity index (χ1) is 25.7. The molecule has 278 valence electrons. The van der Waals surface area contributed by atoms with Crippen molar-refractivity contribution in [1.29, 1.82) is 0 Å². The summed E-state index contributed by atoms with van der Waals surface area (Å²) in [5.74, 6) is -0.498. The highest BCUT2D eigenvalue weighted by molar-refractivity contribution is 7.99. The van der Waals surface area contributed by atoms with Gasteiger partial charge in [-0.2, -0.15) is 0 Å². The highest BCUT2D eigenvalue weighted by Gasteiger charge is 2.69. The van der Waals surface area contributed by atoms with Crippen LogP contribution in [0.2, 0.25) is 5.02 Å². The van der Waals surface area contributed by atoms with Crippen molar-refractivity contribution in [2.75, 3.05) is 35.4 Å². The van der Waals surface area contributed by atoms with Crippen LogP contribution in [0.15, 0.2) is 72.8 Å². The molecule has 53 heavy (non-hydrogen) atoms. The number of unbranched alkanes of at least 4 members (excludes halogenated alkanes) is 3. The van der Waals surface area contributed by atoms with Gasteiger partial charge in [0, 0.05) is 83.0 Å². The van der Waals surface area contributed by atoms with Crippen LogP contribution in [0.25, 0.3) is 0 Å². The molecule has 4 heterocycles. The SMILES string of the molecule is O=C(CCCCCCC(=O)N1CCC(C(=O)Nc2ccc([C@@H]3[C@H]4CSCN4[C@]4(C(=O)Nc5cc(Cl)ccc54)[C@H]3C(=O)c3ccccc3)cc2)CC1)NO. The third-order valence-electron chi connectivity index (χ3n) is 11.4. The molecule has 3 aromatic rings. The molecule has 4 N–H and O–H groups in total. The lowest BCUT2D eigenvalue weighted by molar-refractivity contribution is -0.134. The van der Waals surface area contributed by atoms with Gasteiger partial charge in [-0.1, -0.05) is 73.0 Å². The lowest BCUT2D eigenvalue weighted by atomic mass is 9.69. The van der Waals surface area contributed by atoms with E-state index < -0.39 is 17.4 Å². The van der Waals surface area contributed by atoms with Crippen molar-refractivity contribution < 1.29 is 29.2 Å². The maximum absolute atomic E-state index is 14.7. The fourth-order valence-electron chi connectivity index (χ4n) is 8.77. The molecule has 4 atom stereocenters. The first kappa shape index (κ1) is 37.1. The molecule has 0 radical (unpaired) electrons. The highest BCUT2D eigenvalue weighted by Crippen LogP contribution is 2.61. The summed E-state index contributed by atoms with van der Waals surface area (Å²) < 4.78 is 0. The monoisotopic (exact) mass is 757 g/mol. The normalized spacial score (nSPS) is 23.8. The molecule has 13 heteroatoms. The summed E-state index contributed by atoms with van der Waals surface area (Å²) in [6, 6.07) is 22.3. The molecule has 4 amide bonds. The summed E-state index contributed by atoms with van der Waals surface area (Å²) in [6.07, 6.45) is 4.95. The van der Waals surface area contributed by atoms with Crippen LogP contribution in [0, 0.1) is 11.8 Å². The highest BCUT2D eigenvalue weighted by atomic mass is 35.5. The van der Waals surface area contributed by atoms with Crippen LogP contribution in [-0.4, -0.2) is 75.2 Å². The van der Waals surface area contributed by atoms with Crippen molar-refractivity contribution in [3.63, 3.8) is 0 Å². The lowest BCUT2D eigenvalue weighted by Crippen LogP contribution is -2.52. The summed E-state index contributed by atoms with van der Waals surface area (Å²) >= 11 is 8.12. The van der Waals surface area contributed by atoms with E-state index in [1.807, 2.05) is 65.6 Å². The van der Waals surface area contributed by atoms with E-state index in [2.05, 4.69) is 15.5 Å². The molecule has 3 aromatic carbocycles. The molecule has 0 aromatic heterocycles. The van der Waals surface area contributed by atoms with Crippen LogP contribution < -0.4 is 16.1 Å². The third kappa shape index (κ3) is 7.22. The number of nitrogens with zero attached hydrogens (tertiary/aromatic N) is 2. The Bertz CT molecular complexity index is 1870. The summed E-state index contributed by atoms with van der Waals surface area (Å²) in [7, 11) is 0. The van der Waals surface area contributed by atoms with Gasteiger partial charge in [0.2, 0.25) is 23.6 Å². The average Bonchev–Trinajstić information content (AvgIpc) is 3.85. The van der Waals surface area contributed by atoms with Gasteiger partial charge in [0.1, 0.15) is 5.54 Å². The number of fused-ring (bicyclic) bond motifs is 4. The Morgan fingerprint density at radius 2 is 1.64 bits per heavy atom. The largest absolute Gasteiger partial charge is 0.343 e. The van der Waals surface area contributed by atoms with E-state index >= 15 is 0 Å². The predicted molar refractivity (Wildman–Crippen MR) is 204 cm³/mol. The lowest BCUT2D eigenvalue weighted by Gasteiger charge is -2.36. The van der Waals surface area contributed by atoms with E-state index in [0.717, 1.165) is 36.1 Å². The van der Waals surface area contributed by atoms with Gasteiger partial charge >= 0.3 is 0 Å². The van der Waals surface area contributed by atoms with Crippen LogP contribution in [0.1, 0.15) is 78.8 Å². The Morgan fingerprint density at radius 1 is 0.925 bits per heavy atom. The van der Waals surface area contributed by atoms with Crippen molar-refractivity contribution >= 4 is 64.1 Å². The number of halogens is 1. The Hall–Kier alpha value is -4.23. The number of thioether (sulfide) groups is 1. The zero-order valence-corrected chi connectivity index (χ0v) is 31.0. The Morgan fingerprint density at radius 3 is 2.36 bits per heavy atom. The number of hydroxylamine groups is 1. The van der Waals surface area contributed by atoms with Gasteiger partial charge in [0.05, 0.1) is 5.92 Å². The smallest absolute Gasteiger partial charge is 0.250 e. The molecule has 0 aliphatic carbocycles. The second-order valence-corrected chi connectivity index (χ2v) is 15.8. The number of Topliss-reactive ketones (excluding diaryl/α,β-unsaturated/α-hetero) is 1. The Labute approximate surface area is 318 Å². The first-order valence-electron chi connectivity index (χ1n) is 18.4.